The number of aliphatic hydroxyl groups is 6. The minimum absolute atomic E-state index is 0.305. The predicted molar refractivity (Wildman–Crippen MR) is 113 cm³/mol. The number of nitrogens with one attached hydrogen (secondary N) is 4. The molecule has 0 bridgehead atoms. The van der Waals surface area contributed by atoms with E-state index in [0.29, 0.717) is 9.13 Å². The molecule has 2 aromatic heterocycles. The lowest BCUT2D eigenvalue weighted by molar-refractivity contribution is -0.0270. The van der Waals surface area contributed by atoms with Crippen molar-refractivity contribution in [2.75, 3.05) is 13.1 Å². The molecule has 0 aliphatic carbocycles. The molecule has 200 valence electrons. The molecule has 2 saturated heterocycles. The number of rotatable bonds is 6. The van der Waals surface area contributed by atoms with Gasteiger partial charge in [0.2, 0.25) is 11.2 Å². The molecule has 18 heteroatoms. The minimum Gasteiger partial charge on any atom is -0.394 e. The Morgan fingerprint density at radius 2 is 1.36 bits per heavy atom. The third-order valence-electron chi connectivity index (χ3n) is 4.44. The molecule has 0 spiro atoms. The molecule has 2 fully saturated rings. The highest BCUT2D eigenvalue weighted by atomic mass is 16.6. The summed E-state index contributed by atoms with van der Waals surface area (Å²) in [6, 6.07) is 0. The predicted octanol–water partition coefficient (Wildman–Crippen LogP) is -6.94. The number of aliphatic hydroxyl groups excluding tert-OH is 1. The molecule has 10 N–H and O–H groups in total. The Balaban J connectivity index is 0.000000261. The lowest BCUT2D eigenvalue weighted by Crippen LogP contribution is -2.39. The van der Waals surface area contributed by atoms with E-state index in [2.05, 4.69) is 14.7 Å². The van der Waals surface area contributed by atoms with Crippen molar-refractivity contribution in [1.82, 2.24) is 29.1 Å². The molecule has 0 amide bonds. The summed E-state index contributed by atoms with van der Waals surface area (Å²) >= 11 is 0. The van der Waals surface area contributed by atoms with Gasteiger partial charge in [0.15, 0.2) is 0 Å². The normalized spacial score (nSPS) is 49.6. The Labute approximate surface area is 217 Å². The molecule has 0 aromatic carbocycles. The van der Waals surface area contributed by atoms with Gasteiger partial charge in [0.25, 0.3) is 0 Å². The highest BCUT2D eigenvalue weighted by Gasteiger charge is 2.43. The van der Waals surface area contributed by atoms with Crippen molar-refractivity contribution in [3.63, 3.8) is 0 Å². The van der Waals surface area contributed by atoms with E-state index in [1.165, 1.54) is 0 Å². The van der Waals surface area contributed by atoms with Gasteiger partial charge >= 0.3 is 11.4 Å². The summed E-state index contributed by atoms with van der Waals surface area (Å²) in [5.74, 6) is 0. The number of aromatic amines is 2. The smallest absolute Gasteiger partial charge is 0.329 e. The van der Waals surface area contributed by atoms with Crippen LogP contribution in [0.15, 0.2) is 22.2 Å². The van der Waals surface area contributed by atoms with Crippen molar-refractivity contribution < 1.29 is 56.6 Å². The summed E-state index contributed by atoms with van der Waals surface area (Å²) in [4.78, 5) is 33.9. The molecule has 2 unspecified atom stereocenters. The van der Waals surface area contributed by atoms with Gasteiger partial charge < -0.3 is 40.1 Å². The lowest BCUT2D eigenvalue weighted by atomic mass is 10.1. The Bertz CT molecular complexity index is 1810. The second-order valence-electron chi connectivity index (χ2n) is 6.77. The van der Waals surface area contributed by atoms with E-state index in [1.54, 1.807) is 0 Å². The molecule has 4 heterocycles. The van der Waals surface area contributed by atoms with E-state index >= 15 is 0 Å². The Kier molecular flexibility index (Phi) is 4.97. The van der Waals surface area contributed by atoms with Crippen molar-refractivity contribution >= 4 is 0 Å². The molecular formula is C18H28N8O10. The van der Waals surface area contributed by atoms with Crippen LogP contribution in [0.2, 0.25) is 0 Å². The van der Waals surface area contributed by atoms with Gasteiger partial charge in [-0.2, -0.15) is 0 Å². The second kappa shape index (κ2) is 11.8. The summed E-state index contributed by atoms with van der Waals surface area (Å²) in [5.41, 5.74) is -3.42. The second-order valence-corrected chi connectivity index (χ2v) is 6.77. The van der Waals surface area contributed by atoms with E-state index < -0.39 is 110 Å². The average Bonchev–Trinajstić information content (AvgIpc) is 3.13. The van der Waals surface area contributed by atoms with E-state index in [9.17, 15) is 40.2 Å². The van der Waals surface area contributed by atoms with Crippen LogP contribution in [0.1, 0.15) is 16.4 Å². The third-order valence-corrected chi connectivity index (χ3v) is 4.44. The van der Waals surface area contributed by atoms with Crippen LogP contribution in [0.3, 0.4) is 0 Å². The van der Waals surface area contributed by atoms with Gasteiger partial charge in [-0.25, -0.2) is 19.6 Å². The summed E-state index contributed by atoms with van der Waals surface area (Å²) in [5, 5.41) is 72.9. The molecular weight excluding hydrogens is 488 g/mol. The topological polar surface area (TPSA) is 289 Å². The Hall–Kier alpha value is -3.10. The van der Waals surface area contributed by atoms with Gasteiger partial charge in [0.1, 0.15) is 64.0 Å². The van der Waals surface area contributed by atoms with Crippen molar-refractivity contribution in [3.05, 3.63) is 44.8 Å². The Morgan fingerprint density at radius 3 is 1.81 bits per heavy atom. The van der Waals surface area contributed by atoms with Crippen LogP contribution in [0, 0.1) is 10.8 Å². The molecule has 2 aliphatic rings. The number of hydrogen-bond donors (Lipinski definition) is 10. The van der Waals surface area contributed by atoms with Crippen LogP contribution >= 0.6 is 0 Å². The number of ether oxygens (including phenoxy) is 2. The van der Waals surface area contributed by atoms with Gasteiger partial charge in [-0.05, 0) is 0 Å². The van der Waals surface area contributed by atoms with Crippen molar-refractivity contribution in [3.8, 4) is 0 Å². The molecule has 0 saturated carbocycles. The van der Waals surface area contributed by atoms with Crippen LogP contribution in [0.4, 0.5) is 0 Å². The molecule has 8 atom stereocenters. The maximum absolute atomic E-state index is 11.8. The van der Waals surface area contributed by atoms with Crippen LogP contribution in [-0.4, -0.2) is 122 Å². The fraction of sp³-hybridized carbons (Fsp3) is 0.667. The van der Waals surface area contributed by atoms with Gasteiger partial charge in [0.05, 0.1) is 39.9 Å². The first-order valence-corrected chi connectivity index (χ1v) is 9.44. The first-order valence-electron chi connectivity index (χ1n) is 15.4. The van der Waals surface area contributed by atoms with Crippen molar-refractivity contribution in [2.45, 2.75) is 61.8 Å². The van der Waals surface area contributed by atoms with E-state index in [-0.39, 0.29) is 0 Å². The van der Waals surface area contributed by atoms with E-state index in [4.69, 9.17) is 32.0 Å². The highest BCUT2D eigenvalue weighted by Crippen LogP contribution is 2.22. The highest BCUT2D eigenvalue weighted by molar-refractivity contribution is 4.91. The van der Waals surface area contributed by atoms with E-state index in [0.717, 1.165) is 0 Å². The van der Waals surface area contributed by atoms with Gasteiger partial charge in [0, 0.05) is 0 Å². The first-order chi connectivity index (χ1) is 21.3. The van der Waals surface area contributed by atoms with Crippen molar-refractivity contribution in [1.29, 1.82) is 10.8 Å². The lowest BCUT2D eigenvalue weighted by Gasteiger charge is -2.15. The summed E-state index contributed by atoms with van der Waals surface area (Å²) < 4.78 is 99.9. The summed E-state index contributed by atoms with van der Waals surface area (Å²) in [6.45, 7) is -9.19. The molecule has 18 nitrogen and oxygen atoms in total. The minimum atomic E-state index is -3.86. The van der Waals surface area contributed by atoms with Crippen molar-refractivity contribution in [2.24, 2.45) is 0 Å². The number of hydrogen-bond acceptors (Lipinski definition) is 14. The zero-order valence-corrected chi connectivity index (χ0v) is 17.7. The fourth-order valence-electron chi connectivity index (χ4n) is 2.71. The summed E-state index contributed by atoms with van der Waals surface area (Å²) in [6.07, 6.45) is -26.4. The van der Waals surface area contributed by atoms with Crippen LogP contribution in [-0.2, 0) is 22.6 Å². The number of nitrogens with zero attached hydrogens (tertiary/aromatic N) is 4. The number of H-pyrrole nitrogens is 2. The zero-order chi connectivity index (χ0) is 37.4. The molecule has 4 rings (SSSR count). The average molecular weight is 529 g/mol. The summed E-state index contributed by atoms with van der Waals surface area (Å²) in [7, 11) is 0. The molecule has 2 aliphatic heterocycles. The third kappa shape index (κ3) is 6.17. The van der Waals surface area contributed by atoms with Crippen LogP contribution in [0.5, 0.6) is 0 Å². The van der Waals surface area contributed by atoms with Gasteiger partial charge in [-0.1, -0.05) is 0 Å². The maximum atomic E-state index is 11.8. The standard InChI is InChI=1S/2C9H14N4O5/c2*10-8-11-3-13(9(17)12-8)1-4-6(15)7(16)5(2-14)18-4/h2*3-7,14-16H,1-2H2,(H2,10,12,17)/t2*4-,5+,6+,7?/m00/s1/i2D2,3D,4D,5D,6D,7D;2D2,3D,5D,7D. The molecule has 36 heavy (non-hydrogen) atoms. The largest absolute Gasteiger partial charge is 0.394 e. The van der Waals surface area contributed by atoms with E-state index in [1.807, 2.05) is 9.97 Å². The van der Waals surface area contributed by atoms with Gasteiger partial charge in [-0.3, -0.25) is 29.9 Å². The number of aromatic nitrogens is 6. The quantitative estimate of drug-likeness (QED) is 0.167. The fourth-order valence-corrected chi connectivity index (χ4v) is 2.71. The maximum Gasteiger partial charge on any atom is 0.329 e. The van der Waals surface area contributed by atoms with Crippen LogP contribution in [0.25, 0.3) is 0 Å². The molecule has 0 radical (unpaired) electrons. The molecule has 2 aromatic rings. The monoisotopic (exact) mass is 528 g/mol. The van der Waals surface area contributed by atoms with Gasteiger partial charge in [-0.15, -0.1) is 0 Å². The van der Waals surface area contributed by atoms with Crippen LogP contribution < -0.4 is 22.6 Å². The first kappa shape index (κ1) is 15.2. The SMILES string of the molecule is [2H]c1nc(=N)[nH]c(=O)n1C[C@@H]1O[C@]([2H])(C([2H])([2H])O)C([2H])(O)[C@@H]1O.[2H]c1nc(=N)[nH]c(=O)n1C[C@]1([2H])O[C@]([2H])(C([2H])([2H])O)C([2H])(O)[C@]1([2H])O. The Morgan fingerprint density at radius 1 is 0.889 bits per heavy atom. The zero-order valence-electron chi connectivity index (χ0n) is 29.7.